The molecule has 0 fully saturated rings. The van der Waals surface area contributed by atoms with Gasteiger partial charge in [-0.25, -0.2) is 0 Å². The molecule has 0 aliphatic heterocycles. The average Bonchev–Trinajstić information content (AvgIpc) is 2.38. The topological polar surface area (TPSA) is 38.3 Å². The Kier molecular flexibility index (Phi) is 6.57. The zero-order valence-electron chi connectivity index (χ0n) is 12.2. The second kappa shape index (κ2) is 7.95. The number of carbonyl (C=O) groups is 1. The van der Waals surface area contributed by atoms with E-state index in [2.05, 4.69) is 26.1 Å². The standard InChI is InChI=1S/C16H25NO2/c1-4-5-11-17-16(2,3)13-19-15(18)12-14-9-7-6-8-10-14/h6-10,17H,4-5,11-13H2,1-3H3. The first-order valence-corrected chi connectivity index (χ1v) is 6.98. The molecule has 0 radical (unpaired) electrons. The molecule has 0 bridgehead atoms. The van der Waals surface area contributed by atoms with Gasteiger partial charge in [0.25, 0.3) is 0 Å². The minimum atomic E-state index is -0.170. The normalized spacial score (nSPS) is 11.3. The molecule has 0 heterocycles. The summed E-state index contributed by atoms with van der Waals surface area (Å²) in [6.45, 7) is 7.63. The fourth-order valence-corrected chi connectivity index (χ4v) is 1.73. The van der Waals surface area contributed by atoms with Gasteiger partial charge in [0.2, 0.25) is 0 Å². The molecule has 0 aromatic heterocycles. The summed E-state index contributed by atoms with van der Waals surface area (Å²) in [6, 6.07) is 9.67. The van der Waals surface area contributed by atoms with Gasteiger partial charge < -0.3 is 10.1 Å². The first-order valence-electron chi connectivity index (χ1n) is 6.98. The number of hydrogen-bond acceptors (Lipinski definition) is 3. The number of hydrogen-bond donors (Lipinski definition) is 1. The predicted molar refractivity (Wildman–Crippen MR) is 78.1 cm³/mol. The van der Waals surface area contributed by atoms with Crippen molar-refractivity contribution in [2.45, 2.75) is 45.6 Å². The molecule has 0 atom stereocenters. The molecular weight excluding hydrogens is 238 g/mol. The smallest absolute Gasteiger partial charge is 0.310 e. The largest absolute Gasteiger partial charge is 0.463 e. The molecule has 0 aliphatic rings. The Morgan fingerprint density at radius 2 is 1.95 bits per heavy atom. The van der Waals surface area contributed by atoms with Crippen LogP contribution in [0, 0.1) is 0 Å². The quantitative estimate of drug-likeness (QED) is 0.579. The van der Waals surface area contributed by atoms with Gasteiger partial charge in [0.15, 0.2) is 0 Å². The van der Waals surface area contributed by atoms with Crippen molar-refractivity contribution < 1.29 is 9.53 Å². The van der Waals surface area contributed by atoms with Gasteiger partial charge in [-0.15, -0.1) is 0 Å². The molecule has 1 rings (SSSR count). The summed E-state index contributed by atoms with van der Waals surface area (Å²) in [5, 5.41) is 3.40. The van der Waals surface area contributed by atoms with E-state index in [-0.39, 0.29) is 11.5 Å². The fourth-order valence-electron chi connectivity index (χ4n) is 1.73. The van der Waals surface area contributed by atoms with Crippen molar-refractivity contribution >= 4 is 5.97 Å². The minimum absolute atomic E-state index is 0.165. The Morgan fingerprint density at radius 1 is 1.26 bits per heavy atom. The first-order chi connectivity index (χ1) is 9.03. The van der Waals surface area contributed by atoms with Gasteiger partial charge in [0.05, 0.1) is 6.42 Å². The summed E-state index contributed by atoms with van der Waals surface area (Å²) >= 11 is 0. The summed E-state index contributed by atoms with van der Waals surface area (Å²) < 4.78 is 5.34. The molecule has 1 N–H and O–H groups in total. The lowest BCUT2D eigenvalue weighted by atomic mass is 10.1. The molecule has 0 aliphatic carbocycles. The van der Waals surface area contributed by atoms with Crippen LogP contribution in [-0.2, 0) is 16.0 Å². The predicted octanol–water partition coefficient (Wildman–Crippen LogP) is 2.94. The van der Waals surface area contributed by atoms with Gasteiger partial charge in [0, 0.05) is 5.54 Å². The summed E-state index contributed by atoms with van der Waals surface area (Å²) in [4.78, 5) is 11.7. The van der Waals surface area contributed by atoms with E-state index in [1.54, 1.807) is 0 Å². The van der Waals surface area contributed by atoms with Crippen LogP contribution in [0.4, 0.5) is 0 Å². The van der Waals surface area contributed by atoms with Gasteiger partial charge in [0.1, 0.15) is 6.61 Å². The van der Waals surface area contributed by atoms with E-state index in [0.29, 0.717) is 13.0 Å². The molecule has 0 saturated carbocycles. The maximum Gasteiger partial charge on any atom is 0.310 e. The third-order valence-electron chi connectivity index (χ3n) is 2.92. The SMILES string of the molecule is CCCCNC(C)(C)COC(=O)Cc1ccccc1. The number of esters is 1. The second-order valence-electron chi connectivity index (χ2n) is 5.49. The molecule has 0 spiro atoms. The number of carbonyl (C=O) groups excluding carboxylic acids is 1. The summed E-state index contributed by atoms with van der Waals surface area (Å²) in [5.41, 5.74) is 0.825. The Labute approximate surface area is 116 Å². The van der Waals surface area contributed by atoms with Gasteiger partial charge in [-0.05, 0) is 32.4 Å². The van der Waals surface area contributed by atoms with Crippen LogP contribution in [0.1, 0.15) is 39.2 Å². The van der Waals surface area contributed by atoms with Crippen molar-refractivity contribution in [1.29, 1.82) is 0 Å². The Bertz CT molecular complexity index is 374. The summed E-state index contributed by atoms with van der Waals surface area (Å²) in [6.07, 6.45) is 2.64. The van der Waals surface area contributed by atoms with Gasteiger partial charge in [-0.2, -0.15) is 0 Å². The summed E-state index contributed by atoms with van der Waals surface area (Å²) in [5.74, 6) is -0.170. The van der Waals surface area contributed by atoms with E-state index in [1.807, 2.05) is 30.3 Å². The Hall–Kier alpha value is -1.35. The minimum Gasteiger partial charge on any atom is -0.463 e. The first kappa shape index (κ1) is 15.7. The van der Waals surface area contributed by atoms with Crippen molar-refractivity contribution in [1.82, 2.24) is 5.32 Å². The van der Waals surface area contributed by atoms with Crippen molar-refractivity contribution in [2.75, 3.05) is 13.2 Å². The lowest BCUT2D eigenvalue weighted by Crippen LogP contribution is -2.44. The third kappa shape index (κ3) is 6.97. The molecule has 0 amide bonds. The van der Waals surface area contributed by atoms with E-state index in [4.69, 9.17) is 4.74 Å². The Morgan fingerprint density at radius 3 is 2.58 bits per heavy atom. The van der Waals surface area contributed by atoms with Gasteiger partial charge in [-0.1, -0.05) is 43.7 Å². The average molecular weight is 263 g/mol. The molecule has 1 aromatic rings. The molecule has 19 heavy (non-hydrogen) atoms. The van der Waals surface area contributed by atoms with Crippen LogP contribution >= 0.6 is 0 Å². The number of unbranched alkanes of at least 4 members (excludes halogenated alkanes) is 1. The van der Waals surface area contributed by atoms with Crippen LogP contribution in [0.3, 0.4) is 0 Å². The molecule has 0 unspecified atom stereocenters. The fraction of sp³-hybridized carbons (Fsp3) is 0.562. The summed E-state index contributed by atoms with van der Waals surface area (Å²) in [7, 11) is 0. The maximum absolute atomic E-state index is 11.7. The Balaban J connectivity index is 2.29. The van der Waals surface area contributed by atoms with E-state index >= 15 is 0 Å². The number of benzene rings is 1. The zero-order chi connectivity index (χ0) is 14.1. The third-order valence-corrected chi connectivity index (χ3v) is 2.92. The maximum atomic E-state index is 11.7. The molecule has 3 heteroatoms. The van der Waals surface area contributed by atoms with E-state index < -0.39 is 0 Å². The van der Waals surface area contributed by atoms with E-state index in [9.17, 15) is 4.79 Å². The van der Waals surface area contributed by atoms with Crippen LogP contribution in [0.15, 0.2) is 30.3 Å². The van der Waals surface area contributed by atoms with Crippen molar-refractivity contribution in [3.05, 3.63) is 35.9 Å². The van der Waals surface area contributed by atoms with Crippen LogP contribution in [0.5, 0.6) is 0 Å². The van der Waals surface area contributed by atoms with Crippen LogP contribution in [0.2, 0.25) is 0 Å². The monoisotopic (exact) mass is 263 g/mol. The number of nitrogens with one attached hydrogen (secondary N) is 1. The van der Waals surface area contributed by atoms with Crippen molar-refractivity contribution in [3.8, 4) is 0 Å². The van der Waals surface area contributed by atoms with Crippen molar-refractivity contribution in [3.63, 3.8) is 0 Å². The molecule has 106 valence electrons. The van der Waals surface area contributed by atoms with Crippen molar-refractivity contribution in [2.24, 2.45) is 0 Å². The van der Waals surface area contributed by atoms with Crippen LogP contribution in [-0.4, -0.2) is 24.7 Å². The zero-order valence-corrected chi connectivity index (χ0v) is 12.2. The lowest BCUT2D eigenvalue weighted by Gasteiger charge is -2.25. The van der Waals surface area contributed by atoms with Crippen LogP contribution < -0.4 is 5.32 Å². The second-order valence-corrected chi connectivity index (χ2v) is 5.49. The molecular formula is C16H25NO2. The van der Waals surface area contributed by atoms with E-state index in [1.165, 1.54) is 0 Å². The lowest BCUT2D eigenvalue weighted by molar-refractivity contribution is -0.144. The highest BCUT2D eigenvalue weighted by atomic mass is 16.5. The van der Waals surface area contributed by atoms with E-state index in [0.717, 1.165) is 24.9 Å². The van der Waals surface area contributed by atoms with Gasteiger partial charge in [-0.3, -0.25) is 4.79 Å². The number of ether oxygens (including phenoxy) is 1. The number of rotatable bonds is 8. The molecule has 0 saturated heterocycles. The molecule has 3 nitrogen and oxygen atoms in total. The molecule has 1 aromatic carbocycles. The highest BCUT2D eigenvalue weighted by Crippen LogP contribution is 2.06. The van der Waals surface area contributed by atoms with Gasteiger partial charge >= 0.3 is 5.97 Å². The highest BCUT2D eigenvalue weighted by Gasteiger charge is 2.19. The highest BCUT2D eigenvalue weighted by molar-refractivity contribution is 5.72. The van der Waals surface area contributed by atoms with Crippen LogP contribution in [0.25, 0.3) is 0 Å².